The van der Waals surface area contributed by atoms with Gasteiger partial charge in [0.1, 0.15) is 17.5 Å². The first kappa shape index (κ1) is 24.4. The third-order valence-corrected chi connectivity index (χ3v) is 6.04. The zero-order valence-corrected chi connectivity index (χ0v) is 20.4. The minimum atomic E-state index is 0.341. The Balaban J connectivity index is 1.98. The number of hydrogen-bond donors (Lipinski definition) is 1. The molecule has 1 fully saturated rings. The van der Waals surface area contributed by atoms with E-state index in [4.69, 9.17) is 4.99 Å². The van der Waals surface area contributed by atoms with Crippen molar-refractivity contribution < 1.29 is 4.79 Å². The molecule has 0 aliphatic carbocycles. The third-order valence-electron chi connectivity index (χ3n) is 6.04. The van der Waals surface area contributed by atoms with Gasteiger partial charge in [0, 0.05) is 51.2 Å². The van der Waals surface area contributed by atoms with Crippen LogP contribution in [0.2, 0.25) is 0 Å². The number of carbonyl (C=O) groups is 1. The molecule has 8 nitrogen and oxygen atoms in total. The van der Waals surface area contributed by atoms with Crippen LogP contribution in [0.4, 0.5) is 5.69 Å². The van der Waals surface area contributed by atoms with Gasteiger partial charge in [0.2, 0.25) is 0 Å². The molecule has 1 aromatic rings. The van der Waals surface area contributed by atoms with Crippen molar-refractivity contribution in [3.05, 3.63) is 59.5 Å². The van der Waals surface area contributed by atoms with Crippen molar-refractivity contribution in [2.45, 2.75) is 34.1 Å². The molecule has 0 spiro atoms. The number of rotatable bonds is 7. The highest BCUT2D eigenvalue weighted by molar-refractivity contribution is 6.10. The van der Waals surface area contributed by atoms with E-state index < -0.39 is 0 Å². The van der Waals surface area contributed by atoms with Gasteiger partial charge in [0.15, 0.2) is 0 Å². The van der Waals surface area contributed by atoms with Crippen molar-refractivity contribution in [1.82, 2.24) is 15.0 Å². The average molecular weight is 450 g/mol. The number of pyridine rings is 1. The molecule has 1 saturated heterocycles. The first-order valence-electron chi connectivity index (χ1n) is 11.5. The largest absolute Gasteiger partial charge is 0.368 e. The Morgan fingerprint density at radius 2 is 2.06 bits per heavy atom. The maximum Gasteiger partial charge on any atom is 0.145 e. The summed E-state index contributed by atoms with van der Waals surface area (Å²) < 4.78 is 2.00. The molecule has 1 atom stereocenters. The van der Waals surface area contributed by atoms with Crippen LogP contribution in [0.1, 0.15) is 32.8 Å². The maximum atomic E-state index is 11.4. The highest BCUT2D eigenvalue weighted by Gasteiger charge is 2.16. The van der Waals surface area contributed by atoms with Gasteiger partial charge in [-0.1, -0.05) is 20.4 Å². The standard InChI is InChI=1S/C25H35N7O/c1-7-18(2)21(5)28-32-20(4)8-9-24(29-32)23(10-15-33)27-25-19(3)16-22(17-30(25)6)31-13-11-26-12-14-31/h8-10,15-18,26H,4,7,11-14H2,1-3,5-6H3/b23-10-,27-25?,28-21-. The Kier molecular flexibility index (Phi) is 8.16. The molecule has 8 heteroatoms. The van der Waals surface area contributed by atoms with E-state index in [0.717, 1.165) is 55.6 Å². The van der Waals surface area contributed by atoms with Crippen LogP contribution in [0.15, 0.2) is 63.7 Å². The van der Waals surface area contributed by atoms with Crippen LogP contribution < -0.4 is 15.7 Å². The molecule has 0 aromatic carbocycles. The van der Waals surface area contributed by atoms with Crippen LogP contribution in [-0.4, -0.2) is 53.6 Å². The second-order valence-electron chi connectivity index (χ2n) is 8.50. The number of aromatic nitrogens is 1. The van der Waals surface area contributed by atoms with Crippen LogP contribution in [0.3, 0.4) is 0 Å². The highest BCUT2D eigenvalue weighted by Crippen LogP contribution is 2.18. The fraction of sp³-hybridized carbons (Fsp3) is 0.440. The number of piperazine rings is 1. The van der Waals surface area contributed by atoms with Gasteiger partial charge in [-0.2, -0.15) is 10.2 Å². The fourth-order valence-corrected chi connectivity index (χ4v) is 3.69. The zero-order valence-electron chi connectivity index (χ0n) is 20.4. The molecule has 3 rings (SSSR count). The number of hydrazone groups is 2. The Hall–Kier alpha value is -3.26. The Morgan fingerprint density at radius 1 is 1.33 bits per heavy atom. The molecule has 0 amide bonds. The first-order valence-corrected chi connectivity index (χ1v) is 11.5. The lowest BCUT2D eigenvalue weighted by molar-refractivity contribution is -0.104. The highest BCUT2D eigenvalue weighted by atomic mass is 16.1. The Morgan fingerprint density at radius 3 is 2.70 bits per heavy atom. The maximum absolute atomic E-state index is 11.4. The van der Waals surface area contributed by atoms with E-state index in [0.29, 0.717) is 23.0 Å². The molecular formula is C25H35N7O. The fourth-order valence-electron chi connectivity index (χ4n) is 3.69. The smallest absolute Gasteiger partial charge is 0.145 e. The zero-order chi connectivity index (χ0) is 24.0. The average Bonchev–Trinajstić information content (AvgIpc) is 2.82. The molecule has 0 radical (unpaired) electrons. The molecule has 3 heterocycles. The summed E-state index contributed by atoms with van der Waals surface area (Å²) in [5.74, 6) is 0.341. The van der Waals surface area contributed by atoms with Crippen molar-refractivity contribution in [2.75, 3.05) is 31.1 Å². The summed E-state index contributed by atoms with van der Waals surface area (Å²) in [5.41, 5.74) is 5.63. The lowest BCUT2D eigenvalue weighted by Gasteiger charge is -2.30. The predicted molar refractivity (Wildman–Crippen MR) is 135 cm³/mol. The molecule has 0 saturated carbocycles. The Bertz CT molecular complexity index is 1060. The lowest BCUT2D eigenvalue weighted by Crippen LogP contribution is -2.44. The molecule has 0 bridgehead atoms. The summed E-state index contributed by atoms with van der Waals surface area (Å²) in [4.78, 5) is 18.6. The number of hydrogen-bond acceptors (Lipinski definition) is 7. The van der Waals surface area contributed by atoms with Crippen molar-refractivity contribution >= 4 is 23.4 Å². The number of aldehydes is 1. The van der Waals surface area contributed by atoms with Crippen LogP contribution in [0.5, 0.6) is 0 Å². The second kappa shape index (κ2) is 11.0. The number of nitrogens with zero attached hydrogens (tertiary/aromatic N) is 6. The van der Waals surface area contributed by atoms with Crippen LogP contribution in [0.25, 0.3) is 0 Å². The van der Waals surface area contributed by atoms with E-state index >= 15 is 0 Å². The molecular weight excluding hydrogens is 414 g/mol. The predicted octanol–water partition coefficient (Wildman–Crippen LogP) is 2.89. The summed E-state index contributed by atoms with van der Waals surface area (Å²) in [6.45, 7) is 16.2. The molecule has 1 unspecified atom stereocenters. The first-order chi connectivity index (χ1) is 15.8. The summed E-state index contributed by atoms with van der Waals surface area (Å²) in [7, 11) is 1.97. The van der Waals surface area contributed by atoms with Crippen LogP contribution >= 0.6 is 0 Å². The Labute approximate surface area is 196 Å². The van der Waals surface area contributed by atoms with Gasteiger partial charge in [-0.3, -0.25) is 4.79 Å². The summed E-state index contributed by atoms with van der Waals surface area (Å²) >= 11 is 0. The van der Waals surface area contributed by atoms with Crippen LogP contribution in [0, 0.1) is 12.8 Å². The van der Waals surface area contributed by atoms with Gasteiger partial charge in [-0.15, -0.1) is 5.10 Å². The molecule has 1 aromatic heterocycles. The van der Waals surface area contributed by atoms with Crippen molar-refractivity contribution in [2.24, 2.45) is 28.2 Å². The van der Waals surface area contributed by atoms with E-state index in [-0.39, 0.29) is 0 Å². The minimum Gasteiger partial charge on any atom is -0.368 e. The molecule has 33 heavy (non-hydrogen) atoms. The number of nitrogens with one attached hydrogen (secondary N) is 1. The number of allylic oxidation sites excluding steroid dienone is 3. The monoisotopic (exact) mass is 449 g/mol. The molecule has 2 aliphatic heterocycles. The van der Waals surface area contributed by atoms with Gasteiger partial charge in [-0.05, 0) is 50.0 Å². The van der Waals surface area contributed by atoms with E-state index in [2.05, 4.69) is 53.1 Å². The third kappa shape index (κ3) is 5.96. The summed E-state index contributed by atoms with van der Waals surface area (Å²) in [6.07, 6.45) is 8.90. The SMILES string of the molecule is C=C1C=CC(/C(=C/C=O)N=c2c(C)cc(N3CCNCC3)cn2C)=NN1/N=C(/C)C(C)CC. The molecule has 2 aliphatic rings. The van der Waals surface area contributed by atoms with E-state index in [9.17, 15) is 4.79 Å². The van der Waals surface area contributed by atoms with Crippen molar-refractivity contribution in [1.29, 1.82) is 0 Å². The normalized spacial score (nSPS) is 19.1. The second-order valence-corrected chi connectivity index (χ2v) is 8.50. The quantitative estimate of drug-likeness (QED) is 0.394. The summed E-state index contributed by atoms with van der Waals surface area (Å²) in [5, 5.41) is 14.1. The van der Waals surface area contributed by atoms with Crippen molar-refractivity contribution in [3.63, 3.8) is 0 Å². The molecule has 1 N–H and O–H groups in total. The topological polar surface area (TPSA) is 77.6 Å². The molecule has 176 valence electrons. The van der Waals surface area contributed by atoms with Crippen LogP contribution in [-0.2, 0) is 11.8 Å². The van der Waals surface area contributed by atoms with Gasteiger partial charge < -0.3 is 14.8 Å². The van der Waals surface area contributed by atoms with Gasteiger partial charge >= 0.3 is 0 Å². The van der Waals surface area contributed by atoms with Crippen molar-refractivity contribution in [3.8, 4) is 0 Å². The van der Waals surface area contributed by atoms with Gasteiger partial charge in [-0.25, -0.2) is 4.99 Å². The number of carbonyl (C=O) groups excluding carboxylic acids is 1. The summed E-state index contributed by atoms with van der Waals surface area (Å²) in [6, 6.07) is 2.15. The van der Waals surface area contributed by atoms with Gasteiger partial charge in [0.05, 0.1) is 17.1 Å². The van der Waals surface area contributed by atoms with E-state index in [1.165, 1.54) is 16.9 Å². The van der Waals surface area contributed by atoms with Gasteiger partial charge in [0.25, 0.3) is 0 Å². The van der Waals surface area contributed by atoms with E-state index in [1.807, 2.05) is 37.6 Å². The minimum absolute atomic E-state index is 0.341. The number of anilines is 1. The lowest BCUT2D eigenvalue weighted by atomic mass is 10.1. The van der Waals surface area contributed by atoms with E-state index in [1.54, 1.807) is 0 Å². The number of aryl methyl sites for hydroxylation is 2.